The zero-order valence-electron chi connectivity index (χ0n) is 14.7. The van der Waals surface area contributed by atoms with Crippen LogP contribution in [0.5, 0.6) is 11.5 Å². The van der Waals surface area contributed by atoms with E-state index in [0.29, 0.717) is 34.9 Å². The summed E-state index contributed by atoms with van der Waals surface area (Å²) in [6, 6.07) is 10.1. The first-order valence-electron chi connectivity index (χ1n) is 7.81. The van der Waals surface area contributed by atoms with E-state index in [9.17, 15) is 9.59 Å². The molecule has 0 atom stereocenters. The average molecular weight is 343 g/mol. The molecule has 0 bridgehead atoms. The van der Waals surface area contributed by atoms with Crippen LogP contribution in [0.15, 0.2) is 36.4 Å². The fraction of sp³-hybridized carbons (Fsp3) is 0.263. The third-order valence-electron chi connectivity index (χ3n) is 3.64. The van der Waals surface area contributed by atoms with Crippen molar-refractivity contribution in [2.24, 2.45) is 0 Å². The predicted octanol–water partition coefficient (Wildman–Crippen LogP) is 3.44. The van der Waals surface area contributed by atoms with Gasteiger partial charge in [0.2, 0.25) is 0 Å². The third kappa shape index (κ3) is 4.09. The quantitative estimate of drug-likeness (QED) is 0.813. The number of carbonyl (C=O) groups excluding carboxylic acids is 2. The maximum Gasteiger partial charge on any atom is 0.338 e. The lowest BCUT2D eigenvalue weighted by Crippen LogP contribution is -2.15. The molecule has 6 nitrogen and oxygen atoms in total. The van der Waals surface area contributed by atoms with Crippen LogP contribution in [0.2, 0.25) is 0 Å². The summed E-state index contributed by atoms with van der Waals surface area (Å²) in [5, 5.41) is 2.82. The number of aryl methyl sites for hydroxylation is 1. The molecule has 0 unspecified atom stereocenters. The van der Waals surface area contributed by atoms with Gasteiger partial charge in [-0.15, -0.1) is 0 Å². The summed E-state index contributed by atoms with van der Waals surface area (Å²) in [4.78, 5) is 24.5. The van der Waals surface area contributed by atoms with Crippen molar-refractivity contribution in [1.29, 1.82) is 0 Å². The first-order chi connectivity index (χ1) is 12.0. The summed E-state index contributed by atoms with van der Waals surface area (Å²) >= 11 is 0. The molecule has 6 heteroatoms. The molecule has 25 heavy (non-hydrogen) atoms. The molecule has 0 aromatic heterocycles. The smallest absolute Gasteiger partial charge is 0.338 e. The molecule has 0 saturated carbocycles. The Morgan fingerprint density at radius 1 is 1.04 bits per heavy atom. The molecular formula is C19H21NO5. The van der Waals surface area contributed by atoms with E-state index in [1.807, 2.05) is 0 Å². The SMILES string of the molecule is CCOC(=O)c1ccc(NC(=O)c2c(OC)cccc2OC)c(C)c1. The van der Waals surface area contributed by atoms with Gasteiger partial charge in [0.05, 0.1) is 26.4 Å². The zero-order chi connectivity index (χ0) is 18.4. The molecule has 0 aliphatic rings. The van der Waals surface area contributed by atoms with Gasteiger partial charge in [0.1, 0.15) is 17.1 Å². The summed E-state index contributed by atoms with van der Waals surface area (Å²) in [6.07, 6.45) is 0. The van der Waals surface area contributed by atoms with Crippen molar-refractivity contribution in [2.45, 2.75) is 13.8 Å². The molecule has 0 radical (unpaired) electrons. The molecule has 132 valence electrons. The molecule has 2 aromatic rings. The minimum atomic E-state index is -0.394. The Morgan fingerprint density at radius 2 is 1.68 bits per heavy atom. The lowest BCUT2D eigenvalue weighted by Gasteiger charge is -2.14. The Hall–Kier alpha value is -3.02. The molecule has 0 heterocycles. The van der Waals surface area contributed by atoms with Crippen LogP contribution in [0.4, 0.5) is 5.69 Å². The third-order valence-corrected chi connectivity index (χ3v) is 3.64. The summed E-state index contributed by atoms with van der Waals surface area (Å²) in [5.74, 6) is 0.0754. The van der Waals surface area contributed by atoms with Crippen LogP contribution in [-0.2, 0) is 4.74 Å². The van der Waals surface area contributed by atoms with E-state index in [0.717, 1.165) is 5.56 Å². The highest BCUT2D eigenvalue weighted by atomic mass is 16.5. The molecule has 0 saturated heterocycles. The van der Waals surface area contributed by atoms with Gasteiger partial charge in [-0.1, -0.05) is 6.07 Å². The van der Waals surface area contributed by atoms with Crippen molar-refractivity contribution in [3.63, 3.8) is 0 Å². The number of anilines is 1. The van der Waals surface area contributed by atoms with E-state index in [1.165, 1.54) is 14.2 Å². The van der Waals surface area contributed by atoms with Gasteiger partial charge in [0.25, 0.3) is 5.91 Å². The van der Waals surface area contributed by atoms with Crippen LogP contribution < -0.4 is 14.8 Å². The van der Waals surface area contributed by atoms with Crippen LogP contribution in [-0.4, -0.2) is 32.7 Å². The Morgan fingerprint density at radius 3 is 2.20 bits per heavy atom. The van der Waals surface area contributed by atoms with Gasteiger partial charge in [-0.2, -0.15) is 0 Å². The largest absolute Gasteiger partial charge is 0.496 e. The number of hydrogen-bond acceptors (Lipinski definition) is 5. The molecule has 2 rings (SSSR count). The van der Waals surface area contributed by atoms with E-state index in [4.69, 9.17) is 14.2 Å². The predicted molar refractivity (Wildman–Crippen MR) is 94.6 cm³/mol. The summed E-state index contributed by atoms with van der Waals surface area (Å²) in [5.41, 5.74) is 2.08. The summed E-state index contributed by atoms with van der Waals surface area (Å²) < 4.78 is 15.5. The Labute approximate surface area is 146 Å². The first-order valence-corrected chi connectivity index (χ1v) is 7.81. The second-order valence-electron chi connectivity index (χ2n) is 5.24. The number of hydrogen-bond donors (Lipinski definition) is 1. The number of amides is 1. The number of carbonyl (C=O) groups is 2. The van der Waals surface area contributed by atoms with Gasteiger partial charge < -0.3 is 19.5 Å². The molecule has 0 fully saturated rings. The maximum absolute atomic E-state index is 12.7. The second kappa shape index (κ2) is 8.19. The standard InChI is InChI=1S/C19H21NO5/c1-5-25-19(22)13-9-10-14(12(2)11-13)20-18(21)17-15(23-3)7-6-8-16(17)24-4/h6-11H,5H2,1-4H3,(H,20,21). The first kappa shape index (κ1) is 18.3. The van der Waals surface area contributed by atoms with E-state index >= 15 is 0 Å². The van der Waals surface area contributed by atoms with Crippen molar-refractivity contribution in [1.82, 2.24) is 0 Å². The second-order valence-corrected chi connectivity index (χ2v) is 5.24. The number of methoxy groups -OCH3 is 2. The van der Waals surface area contributed by atoms with Crippen LogP contribution in [0, 0.1) is 6.92 Å². The lowest BCUT2D eigenvalue weighted by molar-refractivity contribution is 0.0526. The molecular weight excluding hydrogens is 322 g/mol. The van der Waals surface area contributed by atoms with Gasteiger partial charge in [-0.25, -0.2) is 4.79 Å². The normalized spacial score (nSPS) is 10.1. The van der Waals surface area contributed by atoms with Crippen molar-refractivity contribution < 1.29 is 23.8 Å². The molecule has 1 N–H and O–H groups in total. The van der Waals surface area contributed by atoms with Gasteiger partial charge in [-0.05, 0) is 49.7 Å². The van der Waals surface area contributed by atoms with E-state index in [-0.39, 0.29) is 5.91 Å². The monoisotopic (exact) mass is 343 g/mol. The highest BCUT2D eigenvalue weighted by molar-refractivity contribution is 6.08. The highest BCUT2D eigenvalue weighted by Crippen LogP contribution is 2.29. The van der Waals surface area contributed by atoms with Crippen LogP contribution >= 0.6 is 0 Å². The highest BCUT2D eigenvalue weighted by Gasteiger charge is 2.19. The molecule has 0 aliphatic heterocycles. The minimum absolute atomic E-state index is 0.307. The number of benzene rings is 2. The van der Waals surface area contributed by atoms with Crippen LogP contribution in [0.25, 0.3) is 0 Å². The van der Waals surface area contributed by atoms with Crippen molar-refractivity contribution in [3.8, 4) is 11.5 Å². The number of nitrogens with one attached hydrogen (secondary N) is 1. The molecule has 0 spiro atoms. The Bertz CT molecular complexity index is 763. The van der Waals surface area contributed by atoms with Crippen LogP contribution in [0.1, 0.15) is 33.2 Å². The van der Waals surface area contributed by atoms with Gasteiger partial charge in [0, 0.05) is 5.69 Å². The van der Waals surface area contributed by atoms with Gasteiger partial charge >= 0.3 is 5.97 Å². The number of esters is 1. The fourth-order valence-electron chi connectivity index (χ4n) is 2.41. The van der Waals surface area contributed by atoms with Crippen LogP contribution in [0.3, 0.4) is 0 Å². The van der Waals surface area contributed by atoms with Crippen molar-refractivity contribution in [3.05, 3.63) is 53.1 Å². The van der Waals surface area contributed by atoms with E-state index in [2.05, 4.69) is 5.32 Å². The number of rotatable bonds is 6. The fourth-order valence-corrected chi connectivity index (χ4v) is 2.41. The van der Waals surface area contributed by atoms with Gasteiger partial charge in [-0.3, -0.25) is 4.79 Å². The van der Waals surface area contributed by atoms with Gasteiger partial charge in [0.15, 0.2) is 0 Å². The number of ether oxygens (including phenoxy) is 3. The molecule has 2 aromatic carbocycles. The molecule has 1 amide bonds. The Balaban J connectivity index is 2.29. The minimum Gasteiger partial charge on any atom is -0.496 e. The topological polar surface area (TPSA) is 73.9 Å². The van der Waals surface area contributed by atoms with Crippen molar-refractivity contribution >= 4 is 17.6 Å². The Kier molecular flexibility index (Phi) is 6.00. The molecule has 0 aliphatic carbocycles. The van der Waals surface area contributed by atoms with E-state index in [1.54, 1.807) is 50.2 Å². The maximum atomic E-state index is 12.7. The summed E-state index contributed by atoms with van der Waals surface area (Å²) in [7, 11) is 2.98. The summed E-state index contributed by atoms with van der Waals surface area (Å²) in [6.45, 7) is 3.86. The van der Waals surface area contributed by atoms with E-state index < -0.39 is 5.97 Å². The average Bonchev–Trinajstić information content (AvgIpc) is 2.62. The lowest BCUT2D eigenvalue weighted by atomic mass is 10.1. The zero-order valence-corrected chi connectivity index (χ0v) is 14.7. The van der Waals surface area contributed by atoms with Crippen molar-refractivity contribution in [2.75, 3.05) is 26.1 Å².